The highest BCUT2D eigenvalue weighted by atomic mass is 32.1. The second-order valence-corrected chi connectivity index (χ2v) is 7.98. The Bertz CT molecular complexity index is 1020. The number of amides is 1. The van der Waals surface area contributed by atoms with E-state index in [1.807, 2.05) is 42.5 Å². The lowest BCUT2D eigenvalue weighted by Crippen LogP contribution is -2.35. The molecule has 1 aliphatic rings. The quantitative estimate of drug-likeness (QED) is 0.719. The molecule has 28 heavy (non-hydrogen) atoms. The van der Waals surface area contributed by atoms with Crippen LogP contribution in [0.25, 0.3) is 10.1 Å². The Kier molecular flexibility index (Phi) is 5.57. The van der Waals surface area contributed by atoms with Gasteiger partial charge in [-0.25, -0.2) is 0 Å². The molecule has 0 unspecified atom stereocenters. The molecule has 146 valence electrons. The lowest BCUT2D eigenvalue weighted by Gasteiger charge is -2.26. The molecule has 1 aromatic heterocycles. The van der Waals surface area contributed by atoms with Crippen molar-refractivity contribution >= 4 is 33.2 Å². The number of benzene rings is 2. The number of anilines is 1. The number of carbonyl (C=O) groups excluding carboxylic acids is 1. The van der Waals surface area contributed by atoms with Gasteiger partial charge in [-0.3, -0.25) is 18.4 Å². The fourth-order valence-electron chi connectivity index (χ4n) is 3.31. The van der Waals surface area contributed by atoms with Crippen molar-refractivity contribution in [2.75, 3.05) is 31.6 Å². The number of fused-ring (bicyclic) bond motifs is 1. The van der Waals surface area contributed by atoms with Crippen LogP contribution < -0.4 is 10.9 Å². The molecule has 1 aliphatic heterocycles. The minimum Gasteiger partial charge on any atom is -0.379 e. The van der Waals surface area contributed by atoms with E-state index in [9.17, 15) is 9.59 Å². The number of ether oxygens (including phenoxy) is 1. The third-order valence-corrected chi connectivity index (χ3v) is 6.21. The highest BCUT2D eigenvalue weighted by molar-refractivity contribution is 7.14. The smallest absolute Gasteiger partial charge is 0.269 e. The average Bonchev–Trinajstić information content (AvgIpc) is 3.06. The zero-order valence-electron chi connectivity index (χ0n) is 15.8. The fourth-order valence-corrected chi connectivity index (χ4v) is 4.35. The number of nitrogens with one attached hydrogen (secondary N) is 1. The number of rotatable bonds is 5. The van der Waals surface area contributed by atoms with E-state index in [2.05, 4.69) is 10.2 Å². The van der Waals surface area contributed by atoms with Crippen molar-refractivity contribution in [2.45, 2.75) is 19.5 Å². The van der Waals surface area contributed by atoms with Gasteiger partial charge in [-0.2, -0.15) is 0 Å². The maximum Gasteiger partial charge on any atom is 0.269 e. The van der Waals surface area contributed by atoms with Crippen LogP contribution in [0.2, 0.25) is 0 Å². The van der Waals surface area contributed by atoms with Gasteiger partial charge in [0.2, 0.25) is 5.91 Å². The summed E-state index contributed by atoms with van der Waals surface area (Å²) in [6.07, 6.45) is 0. The minimum atomic E-state index is -0.571. The van der Waals surface area contributed by atoms with E-state index in [1.54, 1.807) is 13.0 Å². The summed E-state index contributed by atoms with van der Waals surface area (Å²) in [4.78, 5) is 27.6. The first kappa shape index (κ1) is 18.9. The third-order valence-electron chi connectivity index (χ3n) is 4.98. The normalized spacial score (nSPS) is 16.2. The number of aromatic nitrogens is 1. The number of carbonyl (C=O) groups is 1. The van der Waals surface area contributed by atoms with Crippen molar-refractivity contribution in [3.05, 3.63) is 64.4 Å². The highest BCUT2D eigenvalue weighted by Gasteiger charge is 2.20. The monoisotopic (exact) mass is 397 g/mol. The molecule has 0 saturated carbocycles. The van der Waals surface area contributed by atoms with Crippen LogP contribution >= 0.6 is 11.5 Å². The third kappa shape index (κ3) is 4.01. The Morgan fingerprint density at radius 2 is 1.86 bits per heavy atom. The molecule has 0 aliphatic carbocycles. The SMILES string of the molecule is C[C@@H](C(=O)Nc1ccc(CN2CCOCC2)cc1)n1sc2ccccc2c1=O. The molecule has 7 heteroatoms. The maximum atomic E-state index is 12.7. The Hall–Kier alpha value is -2.48. The second-order valence-electron chi connectivity index (χ2n) is 6.97. The van der Waals surface area contributed by atoms with E-state index in [1.165, 1.54) is 21.1 Å². The zero-order valence-corrected chi connectivity index (χ0v) is 16.6. The molecule has 1 amide bonds. The van der Waals surface area contributed by atoms with Gasteiger partial charge >= 0.3 is 0 Å². The summed E-state index contributed by atoms with van der Waals surface area (Å²) < 4.78 is 7.80. The molecule has 1 saturated heterocycles. The van der Waals surface area contributed by atoms with E-state index >= 15 is 0 Å². The molecule has 2 heterocycles. The molecule has 0 radical (unpaired) electrons. The standard InChI is InChI=1S/C21H23N3O3S/c1-15(24-21(26)18-4-2-3-5-19(18)28-24)20(25)22-17-8-6-16(7-9-17)14-23-10-12-27-13-11-23/h2-9,15H,10-14H2,1H3,(H,22,25)/t15-/m0/s1. The van der Waals surface area contributed by atoms with Crippen LogP contribution in [-0.2, 0) is 16.1 Å². The predicted molar refractivity (Wildman–Crippen MR) is 112 cm³/mol. The number of hydrogen-bond acceptors (Lipinski definition) is 5. The summed E-state index contributed by atoms with van der Waals surface area (Å²) in [5.74, 6) is -0.199. The lowest BCUT2D eigenvalue weighted by atomic mass is 10.2. The van der Waals surface area contributed by atoms with Crippen LogP contribution in [0.3, 0.4) is 0 Å². The fraction of sp³-hybridized carbons (Fsp3) is 0.333. The average molecular weight is 398 g/mol. The van der Waals surface area contributed by atoms with Crippen molar-refractivity contribution in [3.63, 3.8) is 0 Å². The van der Waals surface area contributed by atoms with Gasteiger partial charge < -0.3 is 10.1 Å². The molecule has 1 fully saturated rings. The summed E-state index contributed by atoms with van der Waals surface area (Å²) in [5.41, 5.74) is 1.81. The summed E-state index contributed by atoms with van der Waals surface area (Å²) in [6.45, 7) is 6.08. The first-order valence-electron chi connectivity index (χ1n) is 9.42. The minimum absolute atomic E-state index is 0.121. The van der Waals surface area contributed by atoms with E-state index in [4.69, 9.17) is 4.74 Å². The van der Waals surface area contributed by atoms with Crippen LogP contribution in [0, 0.1) is 0 Å². The van der Waals surface area contributed by atoms with E-state index < -0.39 is 6.04 Å². The van der Waals surface area contributed by atoms with Crippen LogP contribution in [0.5, 0.6) is 0 Å². The number of nitrogens with zero attached hydrogens (tertiary/aromatic N) is 2. The van der Waals surface area contributed by atoms with Gasteiger partial charge in [0.1, 0.15) is 6.04 Å². The van der Waals surface area contributed by atoms with Crippen molar-refractivity contribution < 1.29 is 9.53 Å². The van der Waals surface area contributed by atoms with Gasteiger partial charge in [0.25, 0.3) is 5.56 Å². The molecular formula is C21H23N3O3S. The maximum absolute atomic E-state index is 12.7. The predicted octanol–water partition coefficient (Wildman–Crippen LogP) is 3.09. The van der Waals surface area contributed by atoms with Gasteiger partial charge in [0.15, 0.2) is 0 Å². The zero-order chi connectivity index (χ0) is 19.5. The van der Waals surface area contributed by atoms with Gasteiger partial charge in [-0.05, 0) is 36.8 Å². The van der Waals surface area contributed by atoms with E-state index in [0.29, 0.717) is 5.39 Å². The van der Waals surface area contributed by atoms with Crippen LogP contribution in [0.1, 0.15) is 18.5 Å². The Labute approximate surface area is 167 Å². The summed E-state index contributed by atoms with van der Waals surface area (Å²) in [7, 11) is 0. The van der Waals surface area contributed by atoms with Crippen molar-refractivity contribution in [1.29, 1.82) is 0 Å². The van der Waals surface area contributed by atoms with Crippen LogP contribution in [-0.4, -0.2) is 41.1 Å². The molecule has 4 rings (SSSR count). The molecule has 2 aromatic carbocycles. The first-order chi connectivity index (χ1) is 13.6. The second kappa shape index (κ2) is 8.26. The number of hydrogen-bond donors (Lipinski definition) is 1. The van der Waals surface area contributed by atoms with Crippen LogP contribution in [0.15, 0.2) is 53.3 Å². The van der Waals surface area contributed by atoms with Gasteiger partial charge in [-0.15, -0.1) is 0 Å². The van der Waals surface area contributed by atoms with E-state index in [0.717, 1.165) is 43.2 Å². The first-order valence-corrected chi connectivity index (χ1v) is 10.2. The molecule has 0 bridgehead atoms. The Morgan fingerprint density at radius 3 is 2.57 bits per heavy atom. The summed E-state index contributed by atoms with van der Waals surface area (Å²) in [6, 6.07) is 14.7. The molecule has 0 spiro atoms. The summed E-state index contributed by atoms with van der Waals surface area (Å²) >= 11 is 1.32. The lowest BCUT2D eigenvalue weighted by molar-refractivity contribution is -0.118. The molecule has 1 N–H and O–H groups in total. The Balaban J connectivity index is 1.42. The molecular weight excluding hydrogens is 374 g/mol. The van der Waals surface area contributed by atoms with Crippen molar-refractivity contribution in [1.82, 2.24) is 8.86 Å². The van der Waals surface area contributed by atoms with Gasteiger partial charge in [-0.1, -0.05) is 35.8 Å². The van der Waals surface area contributed by atoms with E-state index in [-0.39, 0.29) is 11.5 Å². The Morgan fingerprint density at radius 1 is 1.14 bits per heavy atom. The number of morpholine rings is 1. The summed E-state index contributed by atoms with van der Waals surface area (Å²) in [5, 5.41) is 3.57. The van der Waals surface area contributed by atoms with Crippen molar-refractivity contribution in [2.24, 2.45) is 0 Å². The highest BCUT2D eigenvalue weighted by Crippen LogP contribution is 2.21. The van der Waals surface area contributed by atoms with Crippen molar-refractivity contribution in [3.8, 4) is 0 Å². The molecule has 6 nitrogen and oxygen atoms in total. The van der Waals surface area contributed by atoms with Crippen LogP contribution in [0.4, 0.5) is 5.69 Å². The molecule has 3 aromatic rings. The topological polar surface area (TPSA) is 63.6 Å². The van der Waals surface area contributed by atoms with Gasteiger partial charge in [0.05, 0.1) is 23.3 Å². The largest absolute Gasteiger partial charge is 0.379 e. The van der Waals surface area contributed by atoms with Gasteiger partial charge in [0, 0.05) is 25.3 Å². The molecule has 1 atom stereocenters.